The third-order valence-electron chi connectivity index (χ3n) is 3.86. The lowest BCUT2D eigenvalue weighted by Gasteiger charge is -2.19. The van der Waals surface area contributed by atoms with E-state index in [9.17, 15) is 8.42 Å². The molecule has 0 N–H and O–H groups in total. The Hall–Kier alpha value is -0.300. The standard InChI is InChI=1S/C13H21Cl2N3O2S/c1-11-13(10-18(16-11)12-4-2-3-5-12)21(19,20)17(8-6-14)9-7-15/h10,12H,2-9H2,1H3. The van der Waals surface area contributed by atoms with Crippen molar-refractivity contribution < 1.29 is 8.42 Å². The van der Waals surface area contributed by atoms with Gasteiger partial charge in [-0.05, 0) is 19.8 Å². The quantitative estimate of drug-likeness (QED) is 0.708. The van der Waals surface area contributed by atoms with Crippen molar-refractivity contribution in [3.8, 4) is 0 Å². The minimum atomic E-state index is -3.58. The third-order valence-corrected chi connectivity index (χ3v) is 6.20. The summed E-state index contributed by atoms with van der Waals surface area (Å²) < 4.78 is 28.6. The molecule has 0 saturated heterocycles. The predicted octanol–water partition coefficient (Wildman–Crippen LogP) is 2.77. The van der Waals surface area contributed by atoms with Crippen LogP contribution in [0.1, 0.15) is 37.4 Å². The van der Waals surface area contributed by atoms with E-state index in [1.165, 1.54) is 17.1 Å². The Morgan fingerprint density at radius 1 is 1.29 bits per heavy atom. The summed E-state index contributed by atoms with van der Waals surface area (Å²) in [4.78, 5) is 0.268. The van der Waals surface area contributed by atoms with E-state index in [-0.39, 0.29) is 29.7 Å². The van der Waals surface area contributed by atoms with E-state index in [2.05, 4.69) is 5.10 Å². The molecule has 120 valence electrons. The Labute approximate surface area is 136 Å². The molecule has 0 spiro atoms. The van der Waals surface area contributed by atoms with E-state index < -0.39 is 10.0 Å². The smallest absolute Gasteiger partial charge is 0.246 e. The van der Waals surface area contributed by atoms with Crippen molar-refractivity contribution >= 4 is 33.2 Å². The zero-order chi connectivity index (χ0) is 15.5. The molecule has 2 rings (SSSR count). The molecule has 1 aromatic heterocycles. The van der Waals surface area contributed by atoms with Gasteiger partial charge in [0.15, 0.2) is 0 Å². The number of nitrogens with zero attached hydrogens (tertiary/aromatic N) is 3. The molecule has 0 aliphatic heterocycles. The van der Waals surface area contributed by atoms with E-state index in [0.717, 1.165) is 12.8 Å². The molecule has 8 heteroatoms. The number of aromatic nitrogens is 2. The highest BCUT2D eigenvalue weighted by molar-refractivity contribution is 7.89. The molecule has 1 saturated carbocycles. The van der Waals surface area contributed by atoms with Crippen molar-refractivity contribution in [2.24, 2.45) is 0 Å². The van der Waals surface area contributed by atoms with Crippen LogP contribution < -0.4 is 0 Å². The number of hydrogen-bond donors (Lipinski definition) is 0. The molecule has 0 bridgehead atoms. The predicted molar refractivity (Wildman–Crippen MR) is 84.7 cm³/mol. The SMILES string of the molecule is Cc1nn(C2CCCC2)cc1S(=O)(=O)N(CCCl)CCCl. The molecule has 5 nitrogen and oxygen atoms in total. The Morgan fingerprint density at radius 2 is 1.86 bits per heavy atom. The van der Waals surface area contributed by atoms with Gasteiger partial charge in [0.25, 0.3) is 0 Å². The molecule has 1 aromatic rings. The molecule has 0 atom stereocenters. The summed E-state index contributed by atoms with van der Waals surface area (Å²) in [7, 11) is -3.58. The second kappa shape index (κ2) is 7.31. The van der Waals surface area contributed by atoms with Crippen LogP contribution in [-0.4, -0.2) is 47.4 Å². The molecule has 0 amide bonds. The fraction of sp³-hybridized carbons (Fsp3) is 0.769. The summed E-state index contributed by atoms with van der Waals surface area (Å²) in [6.45, 7) is 2.24. The second-order valence-electron chi connectivity index (χ2n) is 5.28. The van der Waals surface area contributed by atoms with Gasteiger partial charge in [0.1, 0.15) is 4.90 Å². The first-order valence-electron chi connectivity index (χ1n) is 7.18. The van der Waals surface area contributed by atoms with Crippen LogP contribution >= 0.6 is 23.2 Å². The lowest BCUT2D eigenvalue weighted by atomic mass is 10.3. The number of rotatable bonds is 7. The van der Waals surface area contributed by atoms with Crippen LogP contribution in [0.25, 0.3) is 0 Å². The van der Waals surface area contributed by atoms with Crippen LogP contribution in [0.5, 0.6) is 0 Å². The summed E-state index contributed by atoms with van der Waals surface area (Å²) in [6.07, 6.45) is 6.14. The van der Waals surface area contributed by atoms with Gasteiger partial charge in [-0.15, -0.1) is 23.2 Å². The number of aryl methyl sites for hydroxylation is 1. The van der Waals surface area contributed by atoms with Gasteiger partial charge in [0.2, 0.25) is 10.0 Å². The van der Waals surface area contributed by atoms with Crippen molar-refractivity contribution in [3.05, 3.63) is 11.9 Å². The highest BCUT2D eigenvalue weighted by atomic mass is 35.5. The fourth-order valence-corrected chi connectivity index (χ4v) is 4.96. The number of alkyl halides is 2. The highest BCUT2D eigenvalue weighted by Gasteiger charge is 2.29. The van der Waals surface area contributed by atoms with E-state index in [0.29, 0.717) is 11.7 Å². The van der Waals surface area contributed by atoms with E-state index in [4.69, 9.17) is 23.2 Å². The molecule has 21 heavy (non-hydrogen) atoms. The van der Waals surface area contributed by atoms with Gasteiger partial charge in [0, 0.05) is 31.0 Å². The highest BCUT2D eigenvalue weighted by Crippen LogP contribution is 2.30. The lowest BCUT2D eigenvalue weighted by molar-refractivity contribution is 0.446. The zero-order valence-electron chi connectivity index (χ0n) is 12.1. The zero-order valence-corrected chi connectivity index (χ0v) is 14.5. The first kappa shape index (κ1) is 17.1. The van der Waals surface area contributed by atoms with Gasteiger partial charge in [-0.3, -0.25) is 4.68 Å². The van der Waals surface area contributed by atoms with Crippen LogP contribution in [-0.2, 0) is 10.0 Å². The van der Waals surface area contributed by atoms with Gasteiger partial charge < -0.3 is 0 Å². The first-order chi connectivity index (χ1) is 10.0. The summed E-state index contributed by atoms with van der Waals surface area (Å²) in [6, 6.07) is 0.321. The van der Waals surface area contributed by atoms with Gasteiger partial charge in [-0.1, -0.05) is 12.8 Å². The van der Waals surface area contributed by atoms with Crippen LogP contribution in [0.2, 0.25) is 0 Å². The van der Waals surface area contributed by atoms with Crippen LogP contribution in [0.4, 0.5) is 0 Å². The molecule has 0 unspecified atom stereocenters. The monoisotopic (exact) mass is 353 g/mol. The van der Waals surface area contributed by atoms with Gasteiger partial charge in [-0.2, -0.15) is 9.40 Å². The van der Waals surface area contributed by atoms with Crippen molar-refractivity contribution in [1.82, 2.24) is 14.1 Å². The van der Waals surface area contributed by atoms with Crippen LogP contribution in [0.15, 0.2) is 11.1 Å². The molecular weight excluding hydrogens is 333 g/mol. The molecule has 1 heterocycles. The molecule has 1 fully saturated rings. The first-order valence-corrected chi connectivity index (χ1v) is 9.69. The number of sulfonamides is 1. The third kappa shape index (κ3) is 3.73. The number of halogens is 2. The largest absolute Gasteiger partial charge is 0.268 e. The topological polar surface area (TPSA) is 55.2 Å². The van der Waals surface area contributed by atoms with E-state index in [1.54, 1.807) is 13.1 Å². The normalized spacial score (nSPS) is 17.0. The van der Waals surface area contributed by atoms with Crippen molar-refractivity contribution in [3.63, 3.8) is 0 Å². The van der Waals surface area contributed by atoms with Crippen molar-refractivity contribution in [2.45, 2.75) is 43.5 Å². The average molecular weight is 354 g/mol. The maximum atomic E-state index is 12.7. The molecule has 1 aliphatic carbocycles. The summed E-state index contributed by atoms with van der Waals surface area (Å²) in [5.41, 5.74) is 0.538. The van der Waals surface area contributed by atoms with Crippen LogP contribution in [0, 0.1) is 6.92 Å². The second-order valence-corrected chi connectivity index (χ2v) is 7.94. The summed E-state index contributed by atoms with van der Waals surface area (Å²) >= 11 is 11.4. The average Bonchev–Trinajstić information content (AvgIpc) is 3.07. The van der Waals surface area contributed by atoms with Gasteiger partial charge in [-0.25, -0.2) is 8.42 Å². The Morgan fingerprint density at radius 3 is 2.38 bits per heavy atom. The minimum absolute atomic E-state index is 0.242. The molecule has 0 aromatic carbocycles. The van der Waals surface area contributed by atoms with Gasteiger partial charge in [0.05, 0.1) is 11.7 Å². The summed E-state index contributed by atoms with van der Waals surface area (Å²) in [5, 5.41) is 4.41. The van der Waals surface area contributed by atoms with Crippen LogP contribution in [0.3, 0.4) is 0 Å². The molecular formula is C13H21Cl2N3O2S. The van der Waals surface area contributed by atoms with Crippen molar-refractivity contribution in [2.75, 3.05) is 24.8 Å². The molecule has 0 radical (unpaired) electrons. The fourth-order valence-electron chi connectivity index (χ4n) is 2.75. The Kier molecular flexibility index (Phi) is 5.94. The number of hydrogen-bond acceptors (Lipinski definition) is 3. The maximum absolute atomic E-state index is 12.7. The Balaban J connectivity index is 2.30. The Bertz CT molecular complexity index is 562. The minimum Gasteiger partial charge on any atom is -0.268 e. The summed E-state index contributed by atoms with van der Waals surface area (Å²) in [5.74, 6) is 0.484. The molecule has 1 aliphatic rings. The lowest BCUT2D eigenvalue weighted by Crippen LogP contribution is -2.34. The van der Waals surface area contributed by atoms with E-state index in [1.807, 2.05) is 4.68 Å². The van der Waals surface area contributed by atoms with Gasteiger partial charge >= 0.3 is 0 Å². The van der Waals surface area contributed by atoms with E-state index >= 15 is 0 Å². The maximum Gasteiger partial charge on any atom is 0.246 e. The van der Waals surface area contributed by atoms with Crippen molar-refractivity contribution in [1.29, 1.82) is 0 Å².